The van der Waals surface area contributed by atoms with Gasteiger partial charge in [-0.1, -0.05) is 0 Å². The van der Waals surface area contributed by atoms with Crippen LogP contribution in [0.5, 0.6) is 0 Å². The Balaban J connectivity index is 2.43. The van der Waals surface area contributed by atoms with E-state index in [1.54, 1.807) is 13.1 Å². The minimum Gasteiger partial charge on any atom is -0.463 e. The maximum absolute atomic E-state index is 11.2. The third kappa shape index (κ3) is 2.05. The van der Waals surface area contributed by atoms with E-state index in [9.17, 15) is 4.79 Å². The van der Waals surface area contributed by atoms with E-state index in [0.717, 1.165) is 5.56 Å². The summed E-state index contributed by atoms with van der Waals surface area (Å²) in [5.74, 6) is -0.0478. The predicted octanol–water partition coefficient (Wildman–Crippen LogP) is -0.265. The molecule has 0 atom stereocenters. The predicted molar refractivity (Wildman–Crippen MR) is 57.4 cm³/mol. The lowest BCUT2D eigenvalue weighted by molar-refractivity contribution is 0.0587. The van der Waals surface area contributed by atoms with Gasteiger partial charge in [-0.25, -0.2) is 19.4 Å². The van der Waals surface area contributed by atoms with Crippen molar-refractivity contribution in [1.82, 2.24) is 24.7 Å². The lowest BCUT2D eigenvalue weighted by Crippen LogP contribution is -2.08. The molecular formula is C9H10N6O2. The molecule has 0 saturated carbocycles. The number of aromatic nitrogens is 5. The Hall–Kier alpha value is -2.51. The van der Waals surface area contributed by atoms with Crippen molar-refractivity contribution in [3.05, 3.63) is 23.9 Å². The van der Waals surface area contributed by atoms with E-state index in [1.165, 1.54) is 18.1 Å². The van der Waals surface area contributed by atoms with Gasteiger partial charge in [0.2, 0.25) is 5.95 Å². The number of hydrogen-bond donors (Lipinski definition) is 1. The molecule has 2 aromatic heterocycles. The van der Waals surface area contributed by atoms with Crippen LogP contribution in [0, 0.1) is 6.92 Å². The highest BCUT2D eigenvalue weighted by molar-refractivity contribution is 5.84. The highest BCUT2D eigenvalue weighted by Crippen LogP contribution is 2.09. The van der Waals surface area contributed by atoms with Gasteiger partial charge in [0, 0.05) is 11.8 Å². The molecule has 0 fully saturated rings. The Morgan fingerprint density at radius 1 is 1.47 bits per heavy atom. The zero-order valence-corrected chi connectivity index (χ0v) is 9.28. The molecule has 0 aliphatic heterocycles. The van der Waals surface area contributed by atoms with E-state index in [2.05, 4.69) is 24.8 Å². The molecule has 0 aliphatic rings. The normalized spacial score (nSPS) is 10.2. The van der Waals surface area contributed by atoms with Crippen LogP contribution in [-0.2, 0) is 4.74 Å². The average Bonchev–Trinajstić information content (AvgIpc) is 2.80. The Morgan fingerprint density at radius 3 is 2.94 bits per heavy atom. The lowest BCUT2D eigenvalue weighted by Gasteiger charge is -2.03. The molecule has 0 amide bonds. The van der Waals surface area contributed by atoms with Crippen LogP contribution in [0.25, 0.3) is 5.82 Å². The third-order valence-corrected chi connectivity index (χ3v) is 2.04. The molecule has 0 saturated heterocycles. The second kappa shape index (κ2) is 4.16. The molecule has 2 heterocycles. The average molecular weight is 234 g/mol. The van der Waals surface area contributed by atoms with Gasteiger partial charge in [-0.05, 0) is 6.92 Å². The summed E-state index contributed by atoms with van der Waals surface area (Å²) in [7, 11) is 1.26. The first-order valence-electron chi connectivity index (χ1n) is 4.71. The van der Waals surface area contributed by atoms with Crippen molar-refractivity contribution in [2.24, 2.45) is 0 Å². The molecule has 17 heavy (non-hydrogen) atoms. The van der Waals surface area contributed by atoms with Crippen molar-refractivity contribution in [2.45, 2.75) is 6.92 Å². The molecule has 88 valence electrons. The van der Waals surface area contributed by atoms with E-state index < -0.39 is 5.97 Å². The molecule has 0 bridgehead atoms. The number of carbonyl (C=O) groups excluding carboxylic acids is 1. The Morgan fingerprint density at radius 2 is 2.24 bits per heavy atom. The standard InChI is InChI=1S/C9H10N6O2/c1-5-3-11-9(10)13-7(5)15-4-12-6(14-15)8(16)17-2/h3-4H,1-2H3,(H2,10,11,13). The van der Waals surface area contributed by atoms with Crippen molar-refractivity contribution in [3.63, 3.8) is 0 Å². The number of anilines is 1. The highest BCUT2D eigenvalue weighted by atomic mass is 16.5. The van der Waals surface area contributed by atoms with Crippen molar-refractivity contribution in [1.29, 1.82) is 0 Å². The summed E-state index contributed by atoms with van der Waals surface area (Å²) in [5.41, 5.74) is 6.25. The van der Waals surface area contributed by atoms with Gasteiger partial charge in [0.05, 0.1) is 7.11 Å². The smallest absolute Gasteiger partial charge is 0.377 e. The number of carbonyl (C=O) groups is 1. The molecular weight excluding hydrogens is 224 g/mol. The minimum atomic E-state index is -0.608. The molecule has 0 unspecified atom stereocenters. The van der Waals surface area contributed by atoms with Crippen LogP contribution in [0.4, 0.5) is 5.95 Å². The summed E-state index contributed by atoms with van der Waals surface area (Å²) in [4.78, 5) is 22.9. The Labute approximate surface area is 96.5 Å². The quantitative estimate of drug-likeness (QED) is 0.712. The fraction of sp³-hybridized carbons (Fsp3) is 0.222. The molecule has 2 aromatic rings. The summed E-state index contributed by atoms with van der Waals surface area (Å²) >= 11 is 0. The summed E-state index contributed by atoms with van der Waals surface area (Å²) < 4.78 is 5.85. The van der Waals surface area contributed by atoms with Crippen LogP contribution in [0.1, 0.15) is 16.2 Å². The van der Waals surface area contributed by atoms with E-state index in [-0.39, 0.29) is 11.8 Å². The molecule has 8 nitrogen and oxygen atoms in total. The molecule has 2 N–H and O–H groups in total. The number of hydrogen-bond acceptors (Lipinski definition) is 7. The first-order chi connectivity index (χ1) is 8.11. The lowest BCUT2D eigenvalue weighted by atomic mass is 10.3. The Bertz CT molecular complexity index is 564. The van der Waals surface area contributed by atoms with Crippen molar-refractivity contribution < 1.29 is 9.53 Å². The zero-order valence-electron chi connectivity index (χ0n) is 9.28. The highest BCUT2D eigenvalue weighted by Gasteiger charge is 2.13. The molecule has 8 heteroatoms. The number of esters is 1. The van der Waals surface area contributed by atoms with Gasteiger partial charge in [0.25, 0.3) is 5.82 Å². The Kier molecular flexibility index (Phi) is 2.69. The number of methoxy groups -OCH3 is 1. The third-order valence-electron chi connectivity index (χ3n) is 2.04. The van der Waals surface area contributed by atoms with Crippen molar-refractivity contribution >= 4 is 11.9 Å². The van der Waals surface area contributed by atoms with Gasteiger partial charge in [0.15, 0.2) is 5.82 Å². The van der Waals surface area contributed by atoms with Crippen LogP contribution in [0.2, 0.25) is 0 Å². The van der Waals surface area contributed by atoms with Crippen molar-refractivity contribution in [2.75, 3.05) is 12.8 Å². The van der Waals surface area contributed by atoms with Crippen LogP contribution in [0.15, 0.2) is 12.5 Å². The van der Waals surface area contributed by atoms with E-state index in [1.807, 2.05) is 0 Å². The maximum Gasteiger partial charge on any atom is 0.377 e. The monoisotopic (exact) mass is 234 g/mol. The number of ether oxygens (including phenoxy) is 1. The SMILES string of the molecule is COC(=O)c1ncn(-c2nc(N)ncc2C)n1. The van der Waals surface area contributed by atoms with Gasteiger partial charge in [-0.15, -0.1) is 5.10 Å². The molecule has 0 aromatic carbocycles. The number of rotatable bonds is 2. The first-order valence-corrected chi connectivity index (χ1v) is 4.71. The number of aryl methyl sites for hydroxylation is 1. The molecule has 2 rings (SSSR count). The number of nitrogen functional groups attached to an aromatic ring is 1. The minimum absolute atomic E-state index is 0.0379. The van der Waals surface area contributed by atoms with Crippen LogP contribution in [-0.4, -0.2) is 37.8 Å². The summed E-state index contributed by atoms with van der Waals surface area (Å²) in [6, 6.07) is 0. The van der Waals surface area contributed by atoms with Crippen LogP contribution in [0.3, 0.4) is 0 Å². The fourth-order valence-corrected chi connectivity index (χ4v) is 1.23. The largest absolute Gasteiger partial charge is 0.463 e. The molecule has 0 radical (unpaired) electrons. The summed E-state index contributed by atoms with van der Waals surface area (Å²) in [6.45, 7) is 1.80. The van der Waals surface area contributed by atoms with Gasteiger partial charge < -0.3 is 10.5 Å². The molecule has 0 aliphatic carbocycles. The maximum atomic E-state index is 11.2. The zero-order chi connectivity index (χ0) is 12.4. The topological polar surface area (TPSA) is 109 Å². The fourth-order valence-electron chi connectivity index (χ4n) is 1.23. The molecule has 0 spiro atoms. The van der Waals surface area contributed by atoms with E-state index in [0.29, 0.717) is 5.82 Å². The second-order valence-corrected chi connectivity index (χ2v) is 3.24. The van der Waals surface area contributed by atoms with Gasteiger partial charge >= 0.3 is 5.97 Å². The van der Waals surface area contributed by atoms with Gasteiger partial charge in [-0.3, -0.25) is 0 Å². The first kappa shape index (κ1) is 11.0. The number of nitrogens with two attached hydrogens (primary N) is 1. The van der Waals surface area contributed by atoms with Gasteiger partial charge in [0.1, 0.15) is 6.33 Å². The second-order valence-electron chi connectivity index (χ2n) is 3.24. The van der Waals surface area contributed by atoms with Crippen LogP contribution < -0.4 is 5.73 Å². The number of nitrogens with zero attached hydrogens (tertiary/aromatic N) is 5. The van der Waals surface area contributed by atoms with E-state index in [4.69, 9.17) is 5.73 Å². The van der Waals surface area contributed by atoms with E-state index >= 15 is 0 Å². The summed E-state index contributed by atoms with van der Waals surface area (Å²) in [6.07, 6.45) is 2.93. The summed E-state index contributed by atoms with van der Waals surface area (Å²) in [5, 5.41) is 3.94. The van der Waals surface area contributed by atoms with Crippen LogP contribution >= 0.6 is 0 Å². The van der Waals surface area contributed by atoms with Gasteiger partial charge in [-0.2, -0.15) is 4.98 Å². The van der Waals surface area contributed by atoms with Crippen molar-refractivity contribution in [3.8, 4) is 5.82 Å².